The van der Waals surface area contributed by atoms with Gasteiger partial charge in [0.1, 0.15) is 0 Å². The van der Waals surface area contributed by atoms with E-state index in [2.05, 4.69) is 48.3 Å². The minimum absolute atomic E-state index is 0.444. The van der Waals surface area contributed by atoms with Crippen LogP contribution in [-0.4, -0.2) is 25.7 Å². The summed E-state index contributed by atoms with van der Waals surface area (Å²) in [5.41, 5.74) is 4.00. The Balaban J connectivity index is 2.04. The van der Waals surface area contributed by atoms with Gasteiger partial charge in [0.25, 0.3) is 0 Å². The molecule has 3 heteroatoms. The molecule has 1 aliphatic heterocycles. The molecule has 0 saturated carbocycles. The molecule has 1 atom stereocenters. The fourth-order valence-corrected chi connectivity index (χ4v) is 2.49. The number of rotatable bonds is 3. The maximum absolute atomic E-state index is 8.62. The van der Waals surface area contributed by atoms with Crippen LogP contribution in [0.25, 0.3) is 0 Å². The molecule has 0 aliphatic carbocycles. The number of anilines is 1. The number of piperidine rings is 1. The van der Waals surface area contributed by atoms with Crippen LogP contribution < -0.4 is 10.2 Å². The first kappa shape index (κ1) is 12.9. The minimum atomic E-state index is 0.444. The summed E-state index contributed by atoms with van der Waals surface area (Å²) in [5, 5.41) is 11.9. The van der Waals surface area contributed by atoms with Crippen molar-refractivity contribution in [3.05, 3.63) is 29.3 Å². The van der Waals surface area contributed by atoms with Crippen molar-refractivity contribution in [2.24, 2.45) is 0 Å². The van der Waals surface area contributed by atoms with Gasteiger partial charge in [-0.15, -0.1) is 0 Å². The van der Waals surface area contributed by atoms with E-state index in [-0.39, 0.29) is 0 Å². The molecule has 1 aromatic carbocycles. The van der Waals surface area contributed by atoms with E-state index >= 15 is 0 Å². The van der Waals surface area contributed by atoms with Crippen LogP contribution in [-0.2, 0) is 0 Å². The smallest absolute Gasteiger partial charge is 0.0843 e. The Kier molecular flexibility index (Phi) is 4.22. The Labute approximate surface area is 109 Å². The van der Waals surface area contributed by atoms with Crippen molar-refractivity contribution in [2.45, 2.75) is 32.7 Å². The second kappa shape index (κ2) is 5.88. The highest BCUT2D eigenvalue weighted by Crippen LogP contribution is 2.22. The van der Waals surface area contributed by atoms with Crippen LogP contribution in [0.5, 0.6) is 0 Å². The molecule has 3 nitrogen and oxygen atoms in total. The van der Waals surface area contributed by atoms with E-state index in [0.717, 1.165) is 13.1 Å². The number of benzene rings is 1. The van der Waals surface area contributed by atoms with E-state index < -0.39 is 0 Å². The Morgan fingerprint density at radius 1 is 1.39 bits per heavy atom. The van der Waals surface area contributed by atoms with Crippen LogP contribution in [0.1, 0.15) is 24.0 Å². The largest absolute Gasteiger partial charge is 0.370 e. The zero-order valence-electron chi connectivity index (χ0n) is 11.2. The molecule has 1 saturated heterocycles. The van der Waals surface area contributed by atoms with Gasteiger partial charge in [0.15, 0.2) is 0 Å². The molecule has 0 aromatic heterocycles. The highest BCUT2D eigenvalue weighted by Gasteiger charge is 2.19. The van der Waals surface area contributed by atoms with E-state index in [1.54, 1.807) is 0 Å². The molecule has 1 N–H and O–H groups in total. The van der Waals surface area contributed by atoms with Gasteiger partial charge in [-0.1, -0.05) is 6.07 Å². The number of aryl methyl sites for hydroxylation is 2. The summed E-state index contributed by atoms with van der Waals surface area (Å²) in [6.45, 7) is 6.88. The first-order chi connectivity index (χ1) is 8.70. The third-order valence-electron chi connectivity index (χ3n) is 3.75. The molecule has 0 amide bonds. The van der Waals surface area contributed by atoms with Crippen LogP contribution >= 0.6 is 0 Å². The predicted molar refractivity (Wildman–Crippen MR) is 74.8 cm³/mol. The molecule has 1 fully saturated rings. The van der Waals surface area contributed by atoms with Gasteiger partial charge in [-0.3, -0.25) is 5.32 Å². The topological polar surface area (TPSA) is 39.1 Å². The minimum Gasteiger partial charge on any atom is -0.370 e. The van der Waals surface area contributed by atoms with Crippen molar-refractivity contribution in [3.63, 3.8) is 0 Å². The van der Waals surface area contributed by atoms with E-state index in [4.69, 9.17) is 5.26 Å². The lowest BCUT2D eigenvalue weighted by Gasteiger charge is -2.34. The highest BCUT2D eigenvalue weighted by molar-refractivity contribution is 5.51. The highest BCUT2D eigenvalue weighted by atomic mass is 15.2. The van der Waals surface area contributed by atoms with Crippen LogP contribution in [0, 0.1) is 25.2 Å². The van der Waals surface area contributed by atoms with Crippen LogP contribution in [0.3, 0.4) is 0 Å². The zero-order valence-corrected chi connectivity index (χ0v) is 11.2. The molecular weight excluding hydrogens is 222 g/mol. The average molecular weight is 243 g/mol. The van der Waals surface area contributed by atoms with Crippen molar-refractivity contribution >= 4 is 5.69 Å². The maximum atomic E-state index is 8.62. The van der Waals surface area contributed by atoms with Gasteiger partial charge >= 0.3 is 0 Å². The standard InChI is InChI=1S/C15H21N3/c1-12-5-6-15(10-13(12)2)18-9-3-4-14(11-18)17-8-7-16/h5-6,10,14,17H,3-4,8-9,11H2,1-2H3. The third-order valence-corrected chi connectivity index (χ3v) is 3.75. The first-order valence-corrected chi connectivity index (χ1v) is 6.63. The van der Waals surface area contributed by atoms with Crippen LogP contribution in [0.4, 0.5) is 5.69 Å². The lowest BCUT2D eigenvalue weighted by Crippen LogP contribution is -2.45. The molecular formula is C15H21N3. The van der Waals surface area contributed by atoms with E-state index in [9.17, 15) is 0 Å². The van der Waals surface area contributed by atoms with Crippen molar-refractivity contribution in [3.8, 4) is 6.07 Å². The zero-order chi connectivity index (χ0) is 13.0. The van der Waals surface area contributed by atoms with Crippen LogP contribution in [0.15, 0.2) is 18.2 Å². The number of hydrogen-bond acceptors (Lipinski definition) is 3. The second-order valence-corrected chi connectivity index (χ2v) is 5.09. The van der Waals surface area contributed by atoms with Gasteiger partial charge in [0, 0.05) is 24.8 Å². The molecule has 96 valence electrons. The van der Waals surface area contributed by atoms with Gasteiger partial charge in [-0.2, -0.15) is 5.26 Å². The number of nitrogens with one attached hydrogen (secondary N) is 1. The number of hydrogen-bond donors (Lipinski definition) is 1. The molecule has 1 aliphatic rings. The molecule has 0 bridgehead atoms. The summed E-state index contributed by atoms with van der Waals surface area (Å²) in [6.07, 6.45) is 2.36. The van der Waals surface area contributed by atoms with E-state index in [1.165, 1.54) is 29.7 Å². The Hall–Kier alpha value is -1.53. The monoisotopic (exact) mass is 243 g/mol. The second-order valence-electron chi connectivity index (χ2n) is 5.09. The van der Waals surface area contributed by atoms with Crippen LogP contribution in [0.2, 0.25) is 0 Å². The van der Waals surface area contributed by atoms with Gasteiger partial charge < -0.3 is 4.90 Å². The maximum Gasteiger partial charge on any atom is 0.0843 e. The summed E-state index contributed by atoms with van der Waals surface area (Å²) >= 11 is 0. The summed E-state index contributed by atoms with van der Waals surface area (Å²) in [7, 11) is 0. The van der Waals surface area contributed by atoms with Crippen molar-refractivity contribution in [1.29, 1.82) is 5.26 Å². The van der Waals surface area contributed by atoms with Crippen molar-refractivity contribution in [2.75, 3.05) is 24.5 Å². The lowest BCUT2D eigenvalue weighted by atomic mass is 10.0. The molecule has 1 heterocycles. The molecule has 1 aromatic rings. The summed E-state index contributed by atoms with van der Waals surface area (Å²) in [6, 6.07) is 9.26. The Morgan fingerprint density at radius 2 is 2.22 bits per heavy atom. The summed E-state index contributed by atoms with van der Waals surface area (Å²) < 4.78 is 0. The lowest BCUT2D eigenvalue weighted by molar-refractivity contribution is 0.439. The van der Waals surface area contributed by atoms with Crippen molar-refractivity contribution < 1.29 is 0 Å². The Bertz CT molecular complexity index is 448. The summed E-state index contributed by atoms with van der Waals surface area (Å²) in [4.78, 5) is 2.42. The van der Waals surface area contributed by atoms with Gasteiger partial charge in [0.05, 0.1) is 12.6 Å². The fourth-order valence-electron chi connectivity index (χ4n) is 2.49. The van der Waals surface area contributed by atoms with E-state index in [0.29, 0.717) is 12.6 Å². The number of nitriles is 1. The van der Waals surface area contributed by atoms with Crippen molar-refractivity contribution in [1.82, 2.24) is 5.32 Å². The predicted octanol–water partition coefficient (Wildman–Crippen LogP) is 2.39. The molecule has 0 radical (unpaired) electrons. The van der Waals surface area contributed by atoms with E-state index in [1.807, 2.05) is 0 Å². The molecule has 2 rings (SSSR count). The first-order valence-electron chi connectivity index (χ1n) is 6.63. The normalized spacial score (nSPS) is 19.6. The molecule has 18 heavy (non-hydrogen) atoms. The van der Waals surface area contributed by atoms with Gasteiger partial charge in [-0.05, 0) is 49.9 Å². The third kappa shape index (κ3) is 3.02. The summed E-state index contributed by atoms with van der Waals surface area (Å²) in [5.74, 6) is 0. The Morgan fingerprint density at radius 3 is 2.94 bits per heavy atom. The SMILES string of the molecule is Cc1ccc(N2CCCC(NCC#N)C2)cc1C. The fraction of sp³-hybridized carbons (Fsp3) is 0.533. The molecule has 1 unspecified atom stereocenters. The molecule has 0 spiro atoms. The average Bonchev–Trinajstić information content (AvgIpc) is 2.40. The number of nitrogens with zero attached hydrogens (tertiary/aromatic N) is 2. The van der Waals surface area contributed by atoms with Gasteiger partial charge in [-0.25, -0.2) is 0 Å². The quantitative estimate of drug-likeness (QED) is 0.828. The van der Waals surface area contributed by atoms with Gasteiger partial charge in [0.2, 0.25) is 0 Å².